The molecular formula is C16H16N2O2. The van der Waals surface area contributed by atoms with Crippen LogP contribution in [0.15, 0.2) is 35.0 Å². The summed E-state index contributed by atoms with van der Waals surface area (Å²) in [4.78, 5) is 19.7. The average molecular weight is 268 g/mol. The predicted molar refractivity (Wildman–Crippen MR) is 76.9 cm³/mol. The summed E-state index contributed by atoms with van der Waals surface area (Å²) in [5, 5.41) is 0.897. The standard InChI is InChI=1S/C16H16N2O2/c1-10-13(18-9-17-10)7-8-14(19)16-11(2)20-15-6-4-3-5-12(15)16/h3-6,9H,7-8H2,1-2H3,(H,17,18). The van der Waals surface area contributed by atoms with Gasteiger partial charge in [0.15, 0.2) is 5.78 Å². The van der Waals surface area contributed by atoms with Crippen molar-refractivity contribution in [3.63, 3.8) is 0 Å². The third kappa shape index (κ3) is 2.13. The number of imidazole rings is 1. The molecule has 0 saturated carbocycles. The van der Waals surface area contributed by atoms with E-state index >= 15 is 0 Å². The Labute approximate surface area is 116 Å². The number of rotatable bonds is 4. The first-order valence-electron chi connectivity index (χ1n) is 6.67. The SMILES string of the molecule is Cc1[nH]cnc1CCC(=O)c1c(C)oc2ccccc12. The fraction of sp³-hybridized carbons (Fsp3) is 0.250. The van der Waals surface area contributed by atoms with E-state index in [9.17, 15) is 4.79 Å². The number of para-hydroxylation sites is 1. The largest absolute Gasteiger partial charge is 0.461 e. The fourth-order valence-electron chi connectivity index (χ4n) is 2.51. The number of ketones is 1. The van der Waals surface area contributed by atoms with Gasteiger partial charge in [0, 0.05) is 17.5 Å². The molecular weight excluding hydrogens is 252 g/mol. The zero-order chi connectivity index (χ0) is 14.1. The smallest absolute Gasteiger partial charge is 0.167 e. The molecule has 0 atom stereocenters. The summed E-state index contributed by atoms with van der Waals surface area (Å²) in [6.45, 7) is 3.80. The van der Waals surface area contributed by atoms with E-state index in [4.69, 9.17) is 4.42 Å². The summed E-state index contributed by atoms with van der Waals surface area (Å²) >= 11 is 0. The van der Waals surface area contributed by atoms with Crippen molar-refractivity contribution in [2.75, 3.05) is 0 Å². The summed E-state index contributed by atoms with van der Waals surface area (Å²) in [7, 11) is 0. The van der Waals surface area contributed by atoms with Crippen LogP contribution in [-0.2, 0) is 6.42 Å². The monoisotopic (exact) mass is 268 g/mol. The van der Waals surface area contributed by atoms with Gasteiger partial charge in [0.25, 0.3) is 0 Å². The van der Waals surface area contributed by atoms with Gasteiger partial charge in [-0.05, 0) is 26.3 Å². The minimum Gasteiger partial charge on any atom is -0.461 e. The maximum absolute atomic E-state index is 12.4. The molecule has 20 heavy (non-hydrogen) atoms. The minimum atomic E-state index is 0.106. The molecule has 0 unspecified atom stereocenters. The zero-order valence-electron chi connectivity index (χ0n) is 11.6. The average Bonchev–Trinajstić information content (AvgIpc) is 2.98. The zero-order valence-corrected chi connectivity index (χ0v) is 11.6. The lowest BCUT2D eigenvalue weighted by atomic mass is 10.0. The number of fused-ring (bicyclic) bond motifs is 1. The quantitative estimate of drug-likeness (QED) is 0.736. The van der Waals surface area contributed by atoms with E-state index in [-0.39, 0.29) is 5.78 Å². The van der Waals surface area contributed by atoms with E-state index in [1.807, 2.05) is 38.1 Å². The van der Waals surface area contributed by atoms with Crippen LogP contribution in [0.1, 0.15) is 33.9 Å². The molecule has 0 fully saturated rings. The van der Waals surface area contributed by atoms with E-state index in [1.165, 1.54) is 0 Å². The molecule has 3 aromatic rings. The van der Waals surface area contributed by atoms with Gasteiger partial charge in [-0.3, -0.25) is 4.79 Å². The molecule has 0 aliphatic heterocycles. The Morgan fingerprint density at radius 3 is 2.85 bits per heavy atom. The Hall–Kier alpha value is -2.36. The molecule has 1 N–H and O–H groups in total. The summed E-state index contributed by atoms with van der Waals surface area (Å²) < 4.78 is 5.64. The van der Waals surface area contributed by atoms with Crippen molar-refractivity contribution in [1.82, 2.24) is 9.97 Å². The number of hydrogen-bond acceptors (Lipinski definition) is 3. The number of aromatic amines is 1. The number of furan rings is 1. The Morgan fingerprint density at radius 1 is 1.30 bits per heavy atom. The number of carbonyl (C=O) groups excluding carboxylic acids is 1. The highest BCUT2D eigenvalue weighted by molar-refractivity contribution is 6.08. The lowest BCUT2D eigenvalue weighted by Gasteiger charge is -2.00. The topological polar surface area (TPSA) is 58.9 Å². The van der Waals surface area contributed by atoms with Crippen LogP contribution in [0.5, 0.6) is 0 Å². The van der Waals surface area contributed by atoms with Crippen molar-refractivity contribution in [2.45, 2.75) is 26.7 Å². The Bertz CT molecular complexity index is 768. The molecule has 4 nitrogen and oxygen atoms in total. The van der Waals surface area contributed by atoms with E-state index in [0.717, 1.165) is 22.4 Å². The lowest BCUT2D eigenvalue weighted by Crippen LogP contribution is -2.03. The van der Waals surface area contributed by atoms with E-state index < -0.39 is 0 Å². The molecule has 0 spiro atoms. The number of aromatic nitrogens is 2. The third-order valence-corrected chi connectivity index (χ3v) is 3.57. The molecule has 0 aliphatic rings. The number of H-pyrrole nitrogens is 1. The number of nitrogens with zero attached hydrogens (tertiary/aromatic N) is 1. The Balaban J connectivity index is 1.86. The van der Waals surface area contributed by atoms with Gasteiger partial charge in [0.05, 0.1) is 17.6 Å². The second-order valence-corrected chi connectivity index (χ2v) is 4.93. The molecule has 2 aromatic heterocycles. The van der Waals surface area contributed by atoms with Crippen molar-refractivity contribution in [2.24, 2.45) is 0 Å². The Kier molecular flexibility index (Phi) is 3.14. The van der Waals surface area contributed by atoms with Gasteiger partial charge in [-0.15, -0.1) is 0 Å². The van der Waals surface area contributed by atoms with Crippen LogP contribution < -0.4 is 0 Å². The summed E-state index contributed by atoms with van der Waals surface area (Å²) in [5.74, 6) is 0.796. The summed E-state index contributed by atoms with van der Waals surface area (Å²) in [5.41, 5.74) is 3.44. The molecule has 0 aliphatic carbocycles. The molecule has 102 valence electrons. The van der Waals surface area contributed by atoms with E-state index in [2.05, 4.69) is 9.97 Å². The number of hydrogen-bond donors (Lipinski definition) is 1. The van der Waals surface area contributed by atoms with Crippen molar-refractivity contribution >= 4 is 16.8 Å². The number of carbonyl (C=O) groups is 1. The molecule has 0 radical (unpaired) electrons. The normalized spacial score (nSPS) is 11.1. The Morgan fingerprint density at radius 2 is 2.10 bits per heavy atom. The van der Waals surface area contributed by atoms with Crippen LogP contribution >= 0.6 is 0 Å². The molecule has 1 aromatic carbocycles. The van der Waals surface area contributed by atoms with Gasteiger partial charge >= 0.3 is 0 Å². The van der Waals surface area contributed by atoms with Crippen molar-refractivity contribution < 1.29 is 9.21 Å². The van der Waals surface area contributed by atoms with Crippen molar-refractivity contribution in [3.05, 3.63) is 53.3 Å². The molecule has 3 rings (SSSR count). The number of Topliss-reactive ketones (excluding diaryl/α,β-unsaturated/α-hetero) is 1. The van der Waals surface area contributed by atoms with Crippen LogP contribution in [0.3, 0.4) is 0 Å². The molecule has 0 saturated heterocycles. The van der Waals surface area contributed by atoms with Crippen LogP contribution in [0.2, 0.25) is 0 Å². The van der Waals surface area contributed by atoms with Crippen LogP contribution in [0.25, 0.3) is 11.0 Å². The minimum absolute atomic E-state index is 0.106. The maximum atomic E-state index is 12.4. The van der Waals surface area contributed by atoms with Gasteiger partial charge in [-0.1, -0.05) is 18.2 Å². The second kappa shape index (κ2) is 4.96. The van der Waals surface area contributed by atoms with Crippen LogP contribution in [0.4, 0.5) is 0 Å². The first-order valence-corrected chi connectivity index (χ1v) is 6.67. The fourth-order valence-corrected chi connectivity index (χ4v) is 2.51. The third-order valence-electron chi connectivity index (χ3n) is 3.57. The van der Waals surface area contributed by atoms with Gasteiger partial charge in [0.1, 0.15) is 11.3 Å². The van der Waals surface area contributed by atoms with Gasteiger partial charge in [-0.25, -0.2) is 4.98 Å². The van der Waals surface area contributed by atoms with Crippen molar-refractivity contribution in [3.8, 4) is 0 Å². The van der Waals surface area contributed by atoms with Crippen LogP contribution in [0, 0.1) is 13.8 Å². The highest BCUT2D eigenvalue weighted by atomic mass is 16.3. The summed E-state index contributed by atoms with van der Waals surface area (Å²) in [6.07, 6.45) is 2.75. The molecule has 4 heteroatoms. The van der Waals surface area contributed by atoms with E-state index in [0.29, 0.717) is 24.2 Å². The molecule has 0 bridgehead atoms. The van der Waals surface area contributed by atoms with Gasteiger partial charge in [-0.2, -0.15) is 0 Å². The number of nitrogens with one attached hydrogen (secondary N) is 1. The number of benzene rings is 1. The lowest BCUT2D eigenvalue weighted by molar-refractivity contribution is 0.0982. The van der Waals surface area contributed by atoms with E-state index in [1.54, 1.807) is 6.33 Å². The molecule has 0 amide bonds. The van der Waals surface area contributed by atoms with Crippen LogP contribution in [-0.4, -0.2) is 15.8 Å². The second-order valence-electron chi connectivity index (χ2n) is 4.93. The van der Waals surface area contributed by atoms with Gasteiger partial charge < -0.3 is 9.40 Å². The molecule has 2 heterocycles. The maximum Gasteiger partial charge on any atom is 0.167 e. The van der Waals surface area contributed by atoms with Gasteiger partial charge in [0.2, 0.25) is 0 Å². The highest BCUT2D eigenvalue weighted by Crippen LogP contribution is 2.26. The number of aryl methyl sites for hydroxylation is 3. The summed E-state index contributed by atoms with van der Waals surface area (Å²) in [6, 6.07) is 7.65. The first-order chi connectivity index (χ1) is 9.66. The predicted octanol–water partition coefficient (Wildman–Crippen LogP) is 3.59. The van der Waals surface area contributed by atoms with Crippen molar-refractivity contribution in [1.29, 1.82) is 0 Å². The first kappa shape index (κ1) is 12.7. The highest BCUT2D eigenvalue weighted by Gasteiger charge is 2.18.